The Labute approximate surface area is 106 Å². The predicted octanol–water partition coefficient (Wildman–Crippen LogP) is 0.948. The van der Waals surface area contributed by atoms with Gasteiger partial charge in [0.05, 0.1) is 5.69 Å². The van der Waals surface area contributed by atoms with E-state index in [1.54, 1.807) is 6.20 Å². The second kappa shape index (κ2) is 5.10. The lowest BCUT2D eigenvalue weighted by atomic mass is 10.2. The summed E-state index contributed by atoms with van der Waals surface area (Å²) in [7, 11) is 0. The van der Waals surface area contributed by atoms with E-state index < -0.39 is 0 Å². The SMILES string of the molecule is c1ccc(-c2ccc(N3CCNCC3)nn2)nc1. The Kier molecular flexibility index (Phi) is 3.14. The van der Waals surface area contributed by atoms with E-state index >= 15 is 0 Å². The Morgan fingerprint density at radius 1 is 0.944 bits per heavy atom. The summed E-state index contributed by atoms with van der Waals surface area (Å²) >= 11 is 0. The van der Waals surface area contributed by atoms with Crippen molar-refractivity contribution in [3.8, 4) is 11.4 Å². The van der Waals surface area contributed by atoms with Crippen LogP contribution in [-0.4, -0.2) is 41.4 Å². The first-order valence-corrected chi connectivity index (χ1v) is 6.14. The Morgan fingerprint density at radius 3 is 2.50 bits per heavy atom. The number of nitrogens with one attached hydrogen (secondary N) is 1. The van der Waals surface area contributed by atoms with Gasteiger partial charge in [-0.1, -0.05) is 6.07 Å². The number of nitrogens with zero attached hydrogens (tertiary/aromatic N) is 4. The zero-order valence-corrected chi connectivity index (χ0v) is 10.1. The number of pyridine rings is 1. The average Bonchev–Trinajstić information content (AvgIpc) is 2.49. The maximum Gasteiger partial charge on any atom is 0.151 e. The molecule has 92 valence electrons. The fourth-order valence-electron chi connectivity index (χ4n) is 2.04. The molecule has 0 spiro atoms. The third-order valence-corrected chi connectivity index (χ3v) is 3.02. The summed E-state index contributed by atoms with van der Waals surface area (Å²) in [6.45, 7) is 3.97. The molecule has 2 aromatic rings. The van der Waals surface area contributed by atoms with E-state index in [1.165, 1.54) is 0 Å². The minimum Gasteiger partial charge on any atom is -0.353 e. The normalized spacial score (nSPS) is 15.7. The van der Waals surface area contributed by atoms with Crippen LogP contribution in [-0.2, 0) is 0 Å². The summed E-state index contributed by atoms with van der Waals surface area (Å²) in [5, 5.41) is 11.9. The number of rotatable bonds is 2. The van der Waals surface area contributed by atoms with Gasteiger partial charge in [0.15, 0.2) is 5.82 Å². The summed E-state index contributed by atoms with van der Waals surface area (Å²) in [6.07, 6.45) is 1.77. The third-order valence-electron chi connectivity index (χ3n) is 3.02. The van der Waals surface area contributed by atoms with Gasteiger partial charge in [0.2, 0.25) is 0 Å². The van der Waals surface area contributed by atoms with Crippen molar-refractivity contribution >= 4 is 5.82 Å². The van der Waals surface area contributed by atoms with Crippen LogP contribution in [0, 0.1) is 0 Å². The van der Waals surface area contributed by atoms with Gasteiger partial charge >= 0.3 is 0 Å². The molecule has 18 heavy (non-hydrogen) atoms. The molecule has 0 amide bonds. The highest BCUT2D eigenvalue weighted by molar-refractivity contribution is 5.54. The first-order valence-electron chi connectivity index (χ1n) is 6.14. The van der Waals surface area contributed by atoms with Crippen molar-refractivity contribution in [1.29, 1.82) is 0 Å². The van der Waals surface area contributed by atoms with Gasteiger partial charge in [0, 0.05) is 32.4 Å². The van der Waals surface area contributed by atoms with E-state index in [0.717, 1.165) is 43.4 Å². The Bertz CT molecular complexity index is 491. The minimum absolute atomic E-state index is 0.814. The molecule has 5 heteroatoms. The lowest BCUT2D eigenvalue weighted by Crippen LogP contribution is -2.43. The molecule has 1 aliphatic heterocycles. The Morgan fingerprint density at radius 2 is 1.83 bits per heavy atom. The molecule has 1 fully saturated rings. The summed E-state index contributed by atoms with van der Waals surface area (Å²) in [5.41, 5.74) is 1.67. The number of aromatic nitrogens is 3. The maximum atomic E-state index is 4.29. The minimum atomic E-state index is 0.814. The van der Waals surface area contributed by atoms with Crippen LogP contribution in [0.1, 0.15) is 0 Å². The number of hydrogen-bond donors (Lipinski definition) is 1. The number of anilines is 1. The van der Waals surface area contributed by atoms with Gasteiger partial charge in [-0.15, -0.1) is 10.2 Å². The molecule has 0 unspecified atom stereocenters. The highest BCUT2D eigenvalue weighted by atomic mass is 15.3. The molecule has 0 aromatic carbocycles. The van der Waals surface area contributed by atoms with Crippen molar-refractivity contribution in [2.45, 2.75) is 0 Å². The highest BCUT2D eigenvalue weighted by Gasteiger charge is 2.12. The van der Waals surface area contributed by atoms with Crippen LogP contribution in [0.25, 0.3) is 11.4 Å². The first kappa shape index (κ1) is 11.1. The summed E-state index contributed by atoms with van der Waals surface area (Å²) < 4.78 is 0. The lowest BCUT2D eigenvalue weighted by Gasteiger charge is -2.27. The lowest BCUT2D eigenvalue weighted by molar-refractivity contribution is 0.583. The van der Waals surface area contributed by atoms with Crippen LogP contribution in [0.3, 0.4) is 0 Å². The van der Waals surface area contributed by atoms with Gasteiger partial charge < -0.3 is 10.2 Å². The molecule has 5 nitrogen and oxygen atoms in total. The summed E-state index contributed by atoms with van der Waals surface area (Å²) in [6, 6.07) is 9.78. The largest absolute Gasteiger partial charge is 0.353 e. The van der Waals surface area contributed by atoms with Crippen LogP contribution < -0.4 is 10.2 Å². The van der Waals surface area contributed by atoms with E-state index in [9.17, 15) is 0 Å². The van der Waals surface area contributed by atoms with Crippen LogP contribution in [0.15, 0.2) is 36.5 Å². The van der Waals surface area contributed by atoms with E-state index in [4.69, 9.17) is 0 Å². The summed E-state index contributed by atoms with van der Waals surface area (Å²) in [4.78, 5) is 6.51. The standard InChI is InChI=1S/C13H15N5/c1-2-6-15-11(3-1)12-4-5-13(17-16-12)18-9-7-14-8-10-18/h1-6,14H,7-10H2. The van der Waals surface area contributed by atoms with Gasteiger partial charge in [-0.3, -0.25) is 4.98 Å². The molecule has 2 aromatic heterocycles. The highest BCUT2D eigenvalue weighted by Crippen LogP contribution is 2.16. The topological polar surface area (TPSA) is 53.9 Å². The van der Waals surface area contributed by atoms with E-state index in [0.29, 0.717) is 0 Å². The van der Waals surface area contributed by atoms with Crippen LogP contribution >= 0.6 is 0 Å². The molecule has 1 aliphatic rings. The first-order chi connectivity index (χ1) is 8.93. The van der Waals surface area contributed by atoms with Gasteiger partial charge in [0.1, 0.15) is 5.69 Å². The van der Waals surface area contributed by atoms with E-state index in [-0.39, 0.29) is 0 Å². The molecule has 0 saturated carbocycles. The zero-order chi connectivity index (χ0) is 12.2. The van der Waals surface area contributed by atoms with Crippen LogP contribution in [0.5, 0.6) is 0 Å². The fraction of sp³-hybridized carbons (Fsp3) is 0.308. The molecule has 3 rings (SSSR count). The van der Waals surface area contributed by atoms with Gasteiger partial charge in [-0.25, -0.2) is 0 Å². The van der Waals surface area contributed by atoms with Crippen LogP contribution in [0.2, 0.25) is 0 Å². The molecule has 0 atom stereocenters. The molecule has 0 radical (unpaired) electrons. The van der Waals surface area contributed by atoms with Crippen molar-refractivity contribution in [2.24, 2.45) is 0 Å². The number of piperazine rings is 1. The van der Waals surface area contributed by atoms with Gasteiger partial charge in [-0.2, -0.15) is 0 Å². The third kappa shape index (κ3) is 2.31. The van der Waals surface area contributed by atoms with Crippen molar-refractivity contribution in [1.82, 2.24) is 20.5 Å². The smallest absolute Gasteiger partial charge is 0.151 e. The zero-order valence-electron chi connectivity index (χ0n) is 10.1. The molecule has 0 aliphatic carbocycles. The second-order valence-electron chi connectivity index (χ2n) is 4.23. The monoisotopic (exact) mass is 241 g/mol. The average molecular weight is 241 g/mol. The van der Waals surface area contributed by atoms with Crippen molar-refractivity contribution < 1.29 is 0 Å². The van der Waals surface area contributed by atoms with Crippen molar-refractivity contribution in [3.05, 3.63) is 36.5 Å². The molecule has 3 heterocycles. The van der Waals surface area contributed by atoms with E-state index in [2.05, 4.69) is 25.4 Å². The maximum absolute atomic E-state index is 4.29. The van der Waals surface area contributed by atoms with Crippen molar-refractivity contribution in [2.75, 3.05) is 31.1 Å². The molecule has 1 saturated heterocycles. The summed E-state index contributed by atoms with van der Waals surface area (Å²) in [5.74, 6) is 0.941. The molecule has 1 N–H and O–H groups in total. The molecular weight excluding hydrogens is 226 g/mol. The molecular formula is C13H15N5. The van der Waals surface area contributed by atoms with Gasteiger partial charge in [0.25, 0.3) is 0 Å². The quantitative estimate of drug-likeness (QED) is 0.848. The Hall–Kier alpha value is -2.01. The van der Waals surface area contributed by atoms with Crippen LogP contribution in [0.4, 0.5) is 5.82 Å². The predicted molar refractivity (Wildman–Crippen MR) is 70.3 cm³/mol. The number of hydrogen-bond acceptors (Lipinski definition) is 5. The molecule has 0 bridgehead atoms. The Balaban J connectivity index is 1.80. The fourth-order valence-corrected chi connectivity index (χ4v) is 2.04. The van der Waals surface area contributed by atoms with Gasteiger partial charge in [-0.05, 0) is 24.3 Å². The van der Waals surface area contributed by atoms with Crippen molar-refractivity contribution in [3.63, 3.8) is 0 Å². The van der Waals surface area contributed by atoms with E-state index in [1.807, 2.05) is 30.3 Å². The second-order valence-corrected chi connectivity index (χ2v) is 4.23.